The zero-order valence-electron chi connectivity index (χ0n) is 17.6. The van der Waals surface area contributed by atoms with Crippen LogP contribution in [0, 0.1) is 0 Å². The SMILES string of the molecule is CCCC(=O)N1CCCC(NS(C)(=O)=O)C1Cc1ccc(Oc2ccccc2)cc1. The van der Waals surface area contributed by atoms with Gasteiger partial charge >= 0.3 is 0 Å². The quantitative estimate of drug-likeness (QED) is 0.692. The van der Waals surface area contributed by atoms with Gasteiger partial charge in [-0.2, -0.15) is 0 Å². The molecule has 0 aromatic heterocycles. The van der Waals surface area contributed by atoms with E-state index < -0.39 is 10.0 Å². The van der Waals surface area contributed by atoms with Gasteiger partial charge in [-0.05, 0) is 55.5 Å². The zero-order valence-corrected chi connectivity index (χ0v) is 18.4. The number of sulfonamides is 1. The molecule has 1 aliphatic heterocycles. The van der Waals surface area contributed by atoms with E-state index in [1.807, 2.05) is 66.4 Å². The molecule has 1 heterocycles. The van der Waals surface area contributed by atoms with Gasteiger partial charge in [-0.1, -0.05) is 37.3 Å². The van der Waals surface area contributed by atoms with Crippen molar-refractivity contribution in [3.05, 3.63) is 60.2 Å². The standard InChI is InChI=1S/C23H30N2O4S/c1-3-8-23(26)25-16-7-11-21(24-30(2,27)28)22(25)17-18-12-14-20(15-13-18)29-19-9-5-4-6-10-19/h4-6,9-10,12-15,21-22,24H,3,7-8,11,16-17H2,1-2H3. The van der Waals surface area contributed by atoms with Crippen LogP contribution in [0.4, 0.5) is 0 Å². The van der Waals surface area contributed by atoms with Crippen LogP contribution in [0.3, 0.4) is 0 Å². The molecule has 0 radical (unpaired) electrons. The molecule has 1 fully saturated rings. The monoisotopic (exact) mass is 430 g/mol. The van der Waals surface area contributed by atoms with E-state index in [1.54, 1.807) is 0 Å². The summed E-state index contributed by atoms with van der Waals surface area (Å²) < 4.78 is 32.4. The van der Waals surface area contributed by atoms with Crippen LogP contribution < -0.4 is 9.46 Å². The molecule has 0 spiro atoms. The highest BCUT2D eigenvalue weighted by Crippen LogP contribution is 2.26. The van der Waals surface area contributed by atoms with Gasteiger partial charge in [-0.15, -0.1) is 0 Å². The van der Waals surface area contributed by atoms with Crippen LogP contribution in [0.2, 0.25) is 0 Å². The summed E-state index contributed by atoms with van der Waals surface area (Å²) in [6, 6.07) is 16.9. The zero-order chi connectivity index (χ0) is 21.6. The normalized spacial score (nSPS) is 19.5. The number of nitrogens with one attached hydrogen (secondary N) is 1. The maximum absolute atomic E-state index is 12.7. The lowest BCUT2D eigenvalue weighted by Crippen LogP contribution is -2.57. The summed E-state index contributed by atoms with van der Waals surface area (Å²) in [4.78, 5) is 14.6. The van der Waals surface area contributed by atoms with Crippen molar-refractivity contribution in [2.45, 2.75) is 51.1 Å². The Morgan fingerprint density at radius 3 is 2.40 bits per heavy atom. The molecule has 1 N–H and O–H groups in total. The van der Waals surface area contributed by atoms with Crippen LogP contribution in [-0.2, 0) is 21.2 Å². The Morgan fingerprint density at radius 2 is 1.77 bits per heavy atom. The highest BCUT2D eigenvalue weighted by Gasteiger charge is 2.35. The fraction of sp³-hybridized carbons (Fsp3) is 0.435. The third kappa shape index (κ3) is 6.31. The molecule has 0 bridgehead atoms. The van der Waals surface area contributed by atoms with Crippen LogP contribution in [0.15, 0.2) is 54.6 Å². The van der Waals surface area contributed by atoms with E-state index in [-0.39, 0.29) is 18.0 Å². The Morgan fingerprint density at radius 1 is 1.10 bits per heavy atom. The number of benzene rings is 2. The molecule has 1 saturated heterocycles. The summed E-state index contributed by atoms with van der Waals surface area (Å²) in [6.07, 6.45) is 4.54. The number of piperidine rings is 1. The first kappa shape index (κ1) is 22.3. The summed E-state index contributed by atoms with van der Waals surface area (Å²) in [5.74, 6) is 1.59. The number of carbonyl (C=O) groups is 1. The molecule has 162 valence electrons. The molecule has 2 unspecified atom stereocenters. The number of carbonyl (C=O) groups excluding carboxylic acids is 1. The lowest BCUT2D eigenvalue weighted by molar-refractivity contribution is -0.135. The van der Waals surface area contributed by atoms with Crippen molar-refractivity contribution in [3.63, 3.8) is 0 Å². The second-order valence-corrected chi connectivity index (χ2v) is 9.59. The third-order valence-corrected chi connectivity index (χ3v) is 6.01. The first-order valence-electron chi connectivity index (χ1n) is 10.4. The van der Waals surface area contributed by atoms with Crippen molar-refractivity contribution >= 4 is 15.9 Å². The van der Waals surface area contributed by atoms with Crippen LogP contribution in [-0.4, -0.2) is 44.1 Å². The molecular weight excluding hydrogens is 400 g/mol. The molecular formula is C23H30N2O4S. The number of amides is 1. The lowest BCUT2D eigenvalue weighted by atomic mass is 9.91. The van der Waals surface area contributed by atoms with Crippen molar-refractivity contribution in [2.24, 2.45) is 0 Å². The van der Waals surface area contributed by atoms with E-state index in [0.29, 0.717) is 19.4 Å². The van der Waals surface area contributed by atoms with E-state index in [9.17, 15) is 13.2 Å². The van der Waals surface area contributed by atoms with E-state index in [1.165, 1.54) is 6.26 Å². The Labute approximate surface area is 179 Å². The molecule has 1 amide bonds. The second-order valence-electron chi connectivity index (χ2n) is 7.81. The molecule has 6 nitrogen and oxygen atoms in total. The van der Waals surface area contributed by atoms with Crippen LogP contribution in [0.25, 0.3) is 0 Å². The van der Waals surface area contributed by atoms with Crippen molar-refractivity contribution < 1.29 is 17.9 Å². The minimum Gasteiger partial charge on any atom is -0.457 e. The number of nitrogens with zero attached hydrogens (tertiary/aromatic N) is 1. The maximum atomic E-state index is 12.7. The van der Waals surface area contributed by atoms with E-state index >= 15 is 0 Å². The number of ether oxygens (including phenoxy) is 1. The van der Waals surface area contributed by atoms with Gasteiger partial charge in [0.1, 0.15) is 11.5 Å². The topological polar surface area (TPSA) is 75.7 Å². The van der Waals surface area contributed by atoms with E-state index in [4.69, 9.17) is 4.74 Å². The Hall–Kier alpha value is -2.38. The van der Waals surface area contributed by atoms with Gasteiger partial charge in [0.2, 0.25) is 15.9 Å². The van der Waals surface area contributed by atoms with Gasteiger partial charge in [0.25, 0.3) is 0 Å². The fourth-order valence-corrected chi connectivity index (χ4v) is 4.77. The highest BCUT2D eigenvalue weighted by atomic mass is 32.2. The summed E-state index contributed by atoms with van der Waals surface area (Å²) in [7, 11) is -3.36. The predicted octanol–water partition coefficient (Wildman–Crippen LogP) is 3.73. The first-order chi connectivity index (χ1) is 14.4. The van der Waals surface area contributed by atoms with Crippen LogP contribution in [0.1, 0.15) is 38.2 Å². The molecule has 0 saturated carbocycles. The van der Waals surface area contributed by atoms with Crippen molar-refractivity contribution in [2.75, 3.05) is 12.8 Å². The third-order valence-electron chi connectivity index (χ3n) is 5.28. The molecule has 1 aliphatic rings. The summed E-state index contributed by atoms with van der Waals surface area (Å²) in [5, 5.41) is 0. The summed E-state index contributed by atoms with van der Waals surface area (Å²) in [5.41, 5.74) is 1.04. The molecule has 3 rings (SSSR count). The minimum absolute atomic E-state index is 0.0894. The number of para-hydroxylation sites is 1. The van der Waals surface area contributed by atoms with Gasteiger partial charge in [0, 0.05) is 19.0 Å². The Balaban J connectivity index is 1.76. The van der Waals surface area contributed by atoms with Gasteiger partial charge < -0.3 is 9.64 Å². The van der Waals surface area contributed by atoms with Gasteiger partial charge in [-0.25, -0.2) is 13.1 Å². The summed E-state index contributed by atoms with van der Waals surface area (Å²) in [6.45, 7) is 2.65. The molecule has 0 aliphatic carbocycles. The number of hydrogen-bond acceptors (Lipinski definition) is 4. The molecule has 2 aromatic rings. The Kier molecular flexibility index (Phi) is 7.50. The molecule has 2 atom stereocenters. The molecule has 30 heavy (non-hydrogen) atoms. The average molecular weight is 431 g/mol. The fourth-order valence-electron chi connectivity index (χ4n) is 3.95. The smallest absolute Gasteiger partial charge is 0.222 e. The molecule has 7 heteroatoms. The van der Waals surface area contributed by atoms with Gasteiger partial charge in [0.15, 0.2) is 0 Å². The van der Waals surface area contributed by atoms with Crippen molar-refractivity contribution in [1.82, 2.24) is 9.62 Å². The van der Waals surface area contributed by atoms with Crippen LogP contribution in [0.5, 0.6) is 11.5 Å². The van der Waals surface area contributed by atoms with E-state index in [2.05, 4.69) is 4.72 Å². The molecule has 2 aromatic carbocycles. The predicted molar refractivity (Wildman–Crippen MR) is 118 cm³/mol. The number of hydrogen-bond donors (Lipinski definition) is 1. The van der Waals surface area contributed by atoms with Crippen molar-refractivity contribution in [3.8, 4) is 11.5 Å². The summed E-state index contributed by atoms with van der Waals surface area (Å²) >= 11 is 0. The number of rotatable bonds is 8. The van der Waals surface area contributed by atoms with Crippen molar-refractivity contribution in [1.29, 1.82) is 0 Å². The van der Waals surface area contributed by atoms with Crippen LogP contribution >= 0.6 is 0 Å². The average Bonchev–Trinajstić information content (AvgIpc) is 2.70. The van der Waals surface area contributed by atoms with E-state index in [0.717, 1.165) is 36.3 Å². The maximum Gasteiger partial charge on any atom is 0.222 e. The first-order valence-corrected chi connectivity index (χ1v) is 12.3. The lowest BCUT2D eigenvalue weighted by Gasteiger charge is -2.41. The second kappa shape index (κ2) is 10.1. The minimum atomic E-state index is -3.36. The Bertz CT molecular complexity index is 929. The van der Waals surface area contributed by atoms with Gasteiger partial charge in [0.05, 0.1) is 12.3 Å². The largest absolute Gasteiger partial charge is 0.457 e. The highest BCUT2D eigenvalue weighted by molar-refractivity contribution is 7.88. The number of likely N-dealkylation sites (tertiary alicyclic amines) is 1. The van der Waals surface area contributed by atoms with Gasteiger partial charge in [-0.3, -0.25) is 4.79 Å².